The molecule has 2 nitrogen and oxygen atoms in total. The maximum Gasteiger partial charge on any atom is 0.159 e. The largest absolute Gasteiger partial charge is 0.350 e. The molecule has 0 N–H and O–H groups in total. The Labute approximate surface area is 150 Å². The van der Waals surface area contributed by atoms with E-state index in [2.05, 4.69) is 31.9 Å². The molecule has 4 heteroatoms. The van der Waals surface area contributed by atoms with Crippen molar-refractivity contribution in [1.82, 2.24) is 4.90 Å². The molecule has 1 aromatic rings. The quantitative estimate of drug-likeness (QED) is 0.485. The summed E-state index contributed by atoms with van der Waals surface area (Å²) in [5.41, 5.74) is 1.66. The second-order valence-electron chi connectivity index (χ2n) is 7.15. The lowest BCUT2D eigenvalue weighted by Crippen LogP contribution is -2.57. The Kier molecular flexibility index (Phi) is 7.15. The van der Waals surface area contributed by atoms with Gasteiger partial charge in [0, 0.05) is 18.5 Å². The van der Waals surface area contributed by atoms with E-state index in [4.69, 9.17) is 4.99 Å². The van der Waals surface area contributed by atoms with Gasteiger partial charge in [-0.25, -0.2) is 4.39 Å². The SMILES string of the molecule is CCCC1(CCC)CN(C(=NC(C)Cc2ccc(F)cc2)SC)C1. The van der Waals surface area contributed by atoms with E-state index in [1.165, 1.54) is 37.8 Å². The van der Waals surface area contributed by atoms with Crippen LogP contribution in [0.25, 0.3) is 0 Å². The minimum absolute atomic E-state index is 0.177. The Morgan fingerprint density at radius 1 is 1.21 bits per heavy atom. The van der Waals surface area contributed by atoms with Crippen molar-refractivity contribution in [3.63, 3.8) is 0 Å². The summed E-state index contributed by atoms with van der Waals surface area (Å²) < 4.78 is 13.0. The highest BCUT2D eigenvalue weighted by Crippen LogP contribution is 2.40. The summed E-state index contributed by atoms with van der Waals surface area (Å²) >= 11 is 1.75. The first-order valence-corrected chi connectivity index (χ1v) is 10.4. The average Bonchev–Trinajstić information content (AvgIpc) is 2.52. The van der Waals surface area contributed by atoms with E-state index in [1.807, 2.05) is 12.1 Å². The Hall–Kier alpha value is -1.03. The Morgan fingerprint density at radius 3 is 2.29 bits per heavy atom. The maximum atomic E-state index is 13.0. The molecule has 0 amide bonds. The van der Waals surface area contributed by atoms with Gasteiger partial charge in [0.1, 0.15) is 5.82 Å². The monoisotopic (exact) mass is 350 g/mol. The van der Waals surface area contributed by atoms with Crippen molar-refractivity contribution in [2.45, 2.75) is 58.9 Å². The van der Waals surface area contributed by atoms with Crippen LogP contribution in [0.5, 0.6) is 0 Å². The molecule has 0 aromatic heterocycles. The van der Waals surface area contributed by atoms with Crippen molar-refractivity contribution in [2.75, 3.05) is 19.3 Å². The number of hydrogen-bond acceptors (Lipinski definition) is 2. The lowest BCUT2D eigenvalue weighted by molar-refractivity contribution is 0.0411. The van der Waals surface area contributed by atoms with Crippen LogP contribution in [0.4, 0.5) is 4.39 Å². The van der Waals surface area contributed by atoms with Crippen LogP contribution in [0.15, 0.2) is 29.3 Å². The van der Waals surface area contributed by atoms with Crippen LogP contribution < -0.4 is 0 Å². The average molecular weight is 351 g/mol. The van der Waals surface area contributed by atoms with E-state index >= 15 is 0 Å². The molecule has 0 radical (unpaired) electrons. The van der Waals surface area contributed by atoms with Gasteiger partial charge in [0.2, 0.25) is 0 Å². The number of likely N-dealkylation sites (tertiary alicyclic amines) is 1. The molecule has 1 saturated heterocycles. The molecule has 1 aliphatic heterocycles. The van der Waals surface area contributed by atoms with Crippen LogP contribution in [0, 0.1) is 11.2 Å². The standard InChI is InChI=1S/C20H31FN2S/c1-5-11-20(12-6-2)14-23(15-20)19(24-4)22-16(3)13-17-7-9-18(21)10-8-17/h7-10,16H,5-6,11-15H2,1-4H3. The Balaban J connectivity index is 1.95. The van der Waals surface area contributed by atoms with Gasteiger partial charge in [-0.2, -0.15) is 0 Å². The van der Waals surface area contributed by atoms with Crippen LogP contribution in [0.3, 0.4) is 0 Å². The van der Waals surface area contributed by atoms with Crippen molar-refractivity contribution < 1.29 is 4.39 Å². The molecule has 1 atom stereocenters. The number of benzene rings is 1. The molecule has 0 aliphatic carbocycles. The van der Waals surface area contributed by atoms with Gasteiger partial charge in [-0.15, -0.1) is 0 Å². The van der Waals surface area contributed by atoms with E-state index in [0.717, 1.165) is 30.2 Å². The third-order valence-corrected chi connectivity index (χ3v) is 5.57. The Bertz CT molecular complexity index is 527. The summed E-state index contributed by atoms with van der Waals surface area (Å²) in [7, 11) is 0. The maximum absolute atomic E-state index is 13.0. The number of hydrogen-bond donors (Lipinski definition) is 0. The number of nitrogens with zero attached hydrogens (tertiary/aromatic N) is 2. The molecule has 134 valence electrons. The lowest BCUT2D eigenvalue weighted by atomic mass is 9.73. The fourth-order valence-corrected chi connectivity index (χ4v) is 4.53. The second-order valence-corrected chi connectivity index (χ2v) is 7.92. The number of rotatable bonds is 7. The van der Waals surface area contributed by atoms with Crippen molar-refractivity contribution in [3.8, 4) is 0 Å². The molecule has 0 spiro atoms. The molecular weight excluding hydrogens is 319 g/mol. The van der Waals surface area contributed by atoms with Crippen molar-refractivity contribution in [1.29, 1.82) is 0 Å². The van der Waals surface area contributed by atoms with Gasteiger partial charge in [-0.1, -0.05) is 50.6 Å². The molecule has 1 aliphatic rings. The summed E-state index contributed by atoms with van der Waals surface area (Å²) in [6.07, 6.45) is 8.14. The minimum Gasteiger partial charge on any atom is -0.350 e. The third kappa shape index (κ3) is 4.98. The molecule has 2 rings (SSSR count). The first-order chi connectivity index (χ1) is 11.5. The normalized spacial score (nSPS) is 18.4. The summed E-state index contributed by atoms with van der Waals surface area (Å²) in [6.45, 7) is 9.02. The second kappa shape index (κ2) is 8.89. The Morgan fingerprint density at radius 2 is 1.79 bits per heavy atom. The first-order valence-electron chi connectivity index (χ1n) is 9.13. The zero-order valence-corrected chi connectivity index (χ0v) is 16.3. The molecule has 1 aromatic carbocycles. The van der Waals surface area contributed by atoms with E-state index in [0.29, 0.717) is 5.41 Å². The molecule has 1 fully saturated rings. The van der Waals surface area contributed by atoms with Gasteiger partial charge >= 0.3 is 0 Å². The molecular formula is C20H31FN2S. The first kappa shape index (κ1) is 19.3. The highest BCUT2D eigenvalue weighted by atomic mass is 32.2. The number of thioether (sulfide) groups is 1. The van der Waals surface area contributed by atoms with Crippen LogP contribution >= 0.6 is 11.8 Å². The van der Waals surface area contributed by atoms with Gasteiger partial charge in [0.05, 0.1) is 6.04 Å². The topological polar surface area (TPSA) is 15.6 Å². The minimum atomic E-state index is -0.177. The number of halogens is 1. The lowest BCUT2D eigenvalue weighted by Gasteiger charge is -2.52. The van der Waals surface area contributed by atoms with Crippen LogP contribution in [0.1, 0.15) is 52.0 Å². The molecule has 0 bridgehead atoms. The highest BCUT2D eigenvalue weighted by Gasteiger charge is 2.42. The molecule has 24 heavy (non-hydrogen) atoms. The van der Waals surface area contributed by atoms with Crippen LogP contribution in [0.2, 0.25) is 0 Å². The van der Waals surface area contributed by atoms with Crippen molar-refractivity contribution >= 4 is 16.9 Å². The molecule has 1 unspecified atom stereocenters. The highest BCUT2D eigenvalue weighted by molar-refractivity contribution is 8.13. The number of aliphatic imine (C=N–C) groups is 1. The van der Waals surface area contributed by atoms with Crippen molar-refractivity contribution in [3.05, 3.63) is 35.6 Å². The smallest absolute Gasteiger partial charge is 0.159 e. The van der Waals surface area contributed by atoms with E-state index in [-0.39, 0.29) is 11.9 Å². The van der Waals surface area contributed by atoms with Gasteiger partial charge in [0.15, 0.2) is 5.17 Å². The number of amidine groups is 1. The predicted molar refractivity (Wildman–Crippen MR) is 104 cm³/mol. The van der Waals surface area contributed by atoms with E-state index < -0.39 is 0 Å². The molecule has 0 saturated carbocycles. The van der Waals surface area contributed by atoms with Crippen LogP contribution in [-0.4, -0.2) is 35.5 Å². The summed E-state index contributed by atoms with van der Waals surface area (Å²) in [4.78, 5) is 7.37. The third-order valence-electron chi connectivity index (χ3n) is 4.84. The van der Waals surface area contributed by atoms with Gasteiger partial charge in [-0.3, -0.25) is 4.99 Å². The predicted octanol–water partition coefficient (Wildman–Crippen LogP) is 5.38. The van der Waals surface area contributed by atoms with E-state index in [9.17, 15) is 4.39 Å². The fraction of sp³-hybridized carbons (Fsp3) is 0.650. The van der Waals surface area contributed by atoms with E-state index in [1.54, 1.807) is 11.8 Å². The summed E-state index contributed by atoms with van der Waals surface area (Å²) in [5.74, 6) is -0.177. The van der Waals surface area contributed by atoms with Gasteiger partial charge in [0.25, 0.3) is 0 Å². The van der Waals surface area contributed by atoms with Crippen LogP contribution in [-0.2, 0) is 6.42 Å². The summed E-state index contributed by atoms with van der Waals surface area (Å²) in [5, 5.41) is 1.16. The zero-order valence-electron chi connectivity index (χ0n) is 15.5. The fourth-order valence-electron chi connectivity index (χ4n) is 3.86. The zero-order chi connectivity index (χ0) is 17.6. The van der Waals surface area contributed by atoms with Crippen molar-refractivity contribution in [2.24, 2.45) is 10.4 Å². The molecule has 1 heterocycles. The summed E-state index contributed by atoms with van der Waals surface area (Å²) in [6, 6.07) is 6.99. The van der Waals surface area contributed by atoms with Gasteiger partial charge in [-0.05, 0) is 50.1 Å². The van der Waals surface area contributed by atoms with Gasteiger partial charge < -0.3 is 4.90 Å².